The van der Waals surface area contributed by atoms with Crippen LogP contribution in [0.25, 0.3) is 10.4 Å². The largest absolute Gasteiger partial charge is 0.368 e. The Bertz CT molecular complexity index is 231. The van der Waals surface area contributed by atoms with E-state index in [4.69, 9.17) is 11.3 Å². The highest BCUT2D eigenvalue weighted by atomic mass is 16.1. The zero-order valence-corrected chi connectivity index (χ0v) is 7.31. The lowest BCUT2D eigenvalue weighted by atomic mass is 10.2. The predicted molar refractivity (Wildman–Crippen MR) is 47.7 cm³/mol. The molecule has 1 fully saturated rings. The van der Waals surface area contributed by atoms with Crippen LogP contribution in [0.5, 0.6) is 0 Å². The molecule has 0 heterocycles. The zero-order valence-electron chi connectivity index (χ0n) is 7.31. The van der Waals surface area contributed by atoms with Gasteiger partial charge in [0.05, 0.1) is 6.04 Å². The van der Waals surface area contributed by atoms with Crippen LogP contribution >= 0.6 is 0 Å². The highest BCUT2D eigenvalue weighted by Gasteiger charge is 2.34. The molecule has 6 heteroatoms. The van der Waals surface area contributed by atoms with E-state index in [9.17, 15) is 4.79 Å². The van der Waals surface area contributed by atoms with Crippen molar-refractivity contribution in [2.24, 2.45) is 16.8 Å². The van der Waals surface area contributed by atoms with E-state index in [-0.39, 0.29) is 11.9 Å². The number of rotatable bonds is 6. The highest BCUT2D eigenvalue weighted by molar-refractivity contribution is 5.80. The van der Waals surface area contributed by atoms with Gasteiger partial charge >= 0.3 is 0 Å². The minimum atomic E-state index is -0.316. The van der Waals surface area contributed by atoms with E-state index >= 15 is 0 Å². The Morgan fingerprint density at radius 3 is 2.92 bits per heavy atom. The van der Waals surface area contributed by atoms with Crippen LogP contribution in [-0.2, 0) is 4.79 Å². The molecule has 1 saturated carbocycles. The lowest BCUT2D eigenvalue weighted by Crippen LogP contribution is -2.43. The van der Waals surface area contributed by atoms with Crippen LogP contribution < -0.4 is 11.1 Å². The molecule has 1 aliphatic rings. The summed E-state index contributed by atoms with van der Waals surface area (Å²) < 4.78 is 0. The third-order valence-corrected chi connectivity index (χ3v) is 2.04. The Morgan fingerprint density at radius 1 is 1.77 bits per heavy atom. The van der Waals surface area contributed by atoms with Gasteiger partial charge in [-0.25, -0.2) is 0 Å². The number of azide groups is 1. The number of primary amides is 1. The van der Waals surface area contributed by atoms with Crippen LogP contribution in [0.15, 0.2) is 5.11 Å². The summed E-state index contributed by atoms with van der Waals surface area (Å²) in [6, 6.07) is -0.242. The fourth-order valence-corrected chi connectivity index (χ4v) is 1.24. The van der Waals surface area contributed by atoms with E-state index in [1.54, 1.807) is 0 Å². The number of nitrogens with one attached hydrogen (secondary N) is 1. The summed E-state index contributed by atoms with van der Waals surface area (Å²) in [4.78, 5) is 13.5. The van der Waals surface area contributed by atoms with Crippen LogP contribution in [0.4, 0.5) is 0 Å². The molecular formula is C7H13N5O. The summed E-state index contributed by atoms with van der Waals surface area (Å²) in [7, 11) is 0. The topological polar surface area (TPSA) is 104 Å². The molecule has 1 amide bonds. The van der Waals surface area contributed by atoms with Crippen molar-refractivity contribution in [1.29, 1.82) is 0 Å². The lowest BCUT2D eigenvalue weighted by molar-refractivity contribution is -0.120. The molecular weight excluding hydrogens is 170 g/mol. The maximum Gasteiger partial charge on any atom is 0.234 e. The predicted octanol–water partition coefficient (Wildman–Crippen LogP) is 0.150. The Labute approximate surface area is 76.1 Å². The number of carbonyl (C=O) groups excluding carboxylic acids is 1. The second-order valence-electron chi connectivity index (χ2n) is 3.13. The quantitative estimate of drug-likeness (QED) is 0.265. The van der Waals surface area contributed by atoms with E-state index in [0.29, 0.717) is 19.0 Å². The Kier molecular flexibility index (Phi) is 3.54. The van der Waals surface area contributed by atoms with Crippen molar-refractivity contribution in [2.45, 2.75) is 18.9 Å². The first-order valence-electron chi connectivity index (χ1n) is 4.29. The minimum Gasteiger partial charge on any atom is -0.368 e. The molecule has 0 aromatic rings. The van der Waals surface area contributed by atoms with Gasteiger partial charge in [0.15, 0.2) is 0 Å². The first-order chi connectivity index (χ1) is 6.25. The smallest absolute Gasteiger partial charge is 0.234 e. The van der Waals surface area contributed by atoms with E-state index < -0.39 is 0 Å². The molecule has 0 saturated heterocycles. The second-order valence-corrected chi connectivity index (χ2v) is 3.13. The SMILES string of the molecule is [N-]=[N+]=NCCNC(C(N)=O)C1CC1. The van der Waals surface area contributed by atoms with Gasteiger partial charge in [0, 0.05) is 18.0 Å². The summed E-state index contributed by atoms with van der Waals surface area (Å²) >= 11 is 0. The summed E-state index contributed by atoms with van der Waals surface area (Å²) in [6.07, 6.45) is 2.12. The number of hydrogen-bond acceptors (Lipinski definition) is 3. The number of nitrogens with two attached hydrogens (primary N) is 1. The van der Waals surface area contributed by atoms with E-state index in [0.717, 1.165) is 12.8 Å². The van der Waals surface area contributed by atoms with Gasteiger partial charge in [0.25, 0.3) is 0 Å². The Balaban J connectivity index is 2.22. The van der Waals surface area contributed by atoms with Crippen molar-refractivity contribution >= 4 is 5.91 Å². The average molecular weight is 183 g/mol. The first-order valence-corrected chi connectivity index (χ1v) is 4.29. The van der Waals surface area contributed by atoms with Crippen molar-refractivity contribution in [3.05, 3.63) is 10.4 Å². The highest BCUT2D eigenvalue weighted by Crippen LogP contribution is 2.32. The monoisotopic (exact) mass is 183 g/mol. The van der Waals surface area contributed by atoms with Crippen LogP contribution in [0.1, 0.15) is 12.8 Å². The standard InChI is InChI=1S/C7H13N5O/c8-7(13)6(5-1-2-5)10-3-4-11-12-9/h5-6,10H,1-4H2,(H2,8,13). The number of amides is 1. The van der Waals surface area contributed by atoms with Gasteiger partial charge in [-0.3, -0.25) is 4.79 Å². The molecule has 0 aromatic heterocycles. The molecule has 0 radical (unpaired) electrons. The number of nitrogens with zero attached hydrogens (tertiary/aromatic N) is 3. The second kappa shape index (κ2) is 4.69. The molecule has 1 rings (SSSR count). The maximum absolute atomic E-state index is 10.9. The normalized spacial score (nSPS) is 17.5. The summed E-state index contributed by atoms with van der Waals surface area (Å²) in [6.45, 7) is 0.862. The van der Waals surface area contributed by atoms with Crippen LogP contribution in [0.3, 0.4) is 0 Å². The minimum absolute atomic E-state index is 0.242. The van der Waals surface area contributed by atoms with Crippen molar-refractivity contribution in [3.63, 3.8) is 0 Å². The van der Waals surface area contributed by atoms with Gasteiger partial charge in [0.1, 0.15) is 0 Å². The van der Waals surface area contributed by atoms with Gasteiger partial charge in [0.2, 0.25) is 5.91 Å². The van der Waals surface area contributed by atoms with Crippen molar-refractivity contribution < 1.29 is 4.79 Å². The van der Waals surface area contributed by atoms with Crippen LogP contribution in [0.2, 0.25) is 0 Å². The van der Waals surface area contributed by atoms with Crippen molar-refractivity contribution in [2.75, 3.05) is 13.1 Å². The molecule has 3 N–H and O–H groups in total. The third-order valence-electron chi connectivity index (χ3n) is 2.04. The van der Waals surface area contributed by atoms with Gasteiger partial charge in [-0.05, 0) is 24.3 Å². The van der Waals surface area contributed by atoms with E-state index in [2.05, 4.69) is 15.3 Å². The molecule has 0 bridgehead atoms. The molecule has 1 aliphatic carbocycles. The molecule has 6 nitrogen and oxygen atoms in total. The van der Waals surface area contributed by atoms with Crippen LogP contribution in [-0.4, -0.2) is 25.0 Å². The first kappa shape index (κ1) is 9.83. The molecule has 13 heavy (non-hydrogen) atoms. The Morgan fingerprint density at radius 2 is 2.46 bits per heavy atom. The fraction of sp³-hybridized carbons (Fsp3) is 0.857. The number of carbonyl (C=O) groups is 1. The molecule has 1 unspecified atom stereocenters. The molecule has 1 atom stereocenters. The molecule has 0 spiro atoms. The van der Waals surface area contributed by atoms with Gasteiger partial charge in [-0.2, -0.15) is 0 Å². The van der Waals surface area contributed by atoms with E-state index in [1.807, 2.05) is 0 Å². The van der Waals surface area contributed by atoms with Crippen molar-refractivity contribution in [1.82, 2.24) is 5.32 Å². The molecule has 0 aromatic carbocycles. The molecule has 0 aliphatic heterocycles. The average Bonchev–Trinajstić information content (AvgIpc) is 2.87. The van der Waals surface area contributed by atoms with Gasteiger partial charge in [-0.15, -0.1) is 0 Å². The zero-order chi connectivity index (χ0) is 9.68. The summed E-state index contributed by atoms with van der Waals surface area (Å²) in [5, 5.41) is 6.33. The van der Waals surface area contributed by atoms with Crippen LogP contribution in [0, 0.1) is 5.92 Å². The summed E-state index contributed by atoms with van der Waals surface area (Å²) in [5.41, 5.74) is 13.2. The van der Waals surface area contributed by atoms with Gasteiger partial charge < -0.3 is 11.1 Å². The maximum atomic E-state index is 10.9. The lowest BCUT2D eigenvalue weighted by Gasteiger charge is -2.12. The number of hydrogen-bond donors (Lipinski definition) is 2. The third kappa shape index (κ3) is 3.31. The Hall–Kier alpha value is -1.26. The van der Waals surface area contributed by atoms with Crippen molar-refractivity contribution in [3.8, 4) is 0 Å². The summed E-state index contributed by atoms with van der Waals surface area (Å²) in [5.74, 6) is 0.0759. The molecule has 72 valence electrons. The van der Waals surface area contributed by atoms with E-state index in [1.165, 1.54) is 0 Å². The van der Waals surface area contributed by atoms with Gasteiger partial charge in [-0.1, -0.05) is 5.11 Å². The fourth-order valence-electron chi connectivity index (χ4n) is 1.24.